The lowest BCUT2D eigenvalue weighted by Gasteiger charge is -2.31. The van der Waals surface area contributed by atoms with Gasteiger partial charge < -0.3 is 25.4 Å². The molecule has 0 spiro atoms. The van der Waals surface area contributed by atoms with Crippen molar-refractivity contribution in [3.05, 3.63) is 42.0 Å². The minimum absolute atomic E-state index is 0.109. The second-order valence-electron chi connectivity index (χ2n) is 5.98. The molecule has 0 bridgehead atoms. The van der Waals surface area contributed by atoms with Crippen LogP contribution < -0.4 is 25.4 Å². The molecule has 3 N–H and O–H groups in total. The molecule has 0 saturated heterocycles. The fourth-order valence-corrected chi connectivity index (χ4v) is 3.17. The molecule has 3 rings (SSSR count). The van der Waals surface area contributed by atoms with Gasteiger partial charge in [0.2, 0.25) is 5.91 Å². The maximum absolute atomic E-state index is 12.6. The van der Waals surface area contributed by atoms with Crippen molar-refractivity contribution in [3.63, 3.8) is 0 Å². The zero-order valence-corrected chi connectivity index (χ0v) is 14.5. The van der Waals surface area contributed by atoms with Crippen molar-refractivity contribution in [1.82, 2.24) is 0 Å². The van der Waals surface area contributed by atoms with E-state index in [1.54, 1.807) is 32.4 Å². The molecule has 0 radical (unpaired) electrons. The molecule has 132 valence electrons. The molecule has 0 unspecified atom stereocenters. The van der Waals surface area contributed by atoms with E-state index in [4.69, 9.17) is 15.2 Å². The van der Waals surface area contributed by atoms with E-state index in [1.807, 2.05) is 18.2 Å². The molecular weight excluding hydrogens is 318 g/mol. The number of benzene rings is 2. The number of fused-ring (bicyclic) bond motifs is 1. The summed E-state index contributed by atoms with van der Waals surface area (Å²) in [6.45, 7) is 1.09. The van der Waals surface area contributed by atoms with E-state index >= 15 is 0 Å². The predicted molar refractivity (Wildman–Crippen MR) is 99.6 cm³/mol. The Morgan fingerprint density at radius 1 is 1.24 bits per heavy atom. The Morgan fingerprint density at radius 3 is 2.84 bits per heavy atom. The first-order valence-corrected chi connectivity index (χ1v) is 8.26. The number of hydrogen-bond donors (Lipinski definition) is 2. The number of hydrogen-bond acceptors (Lipinski definition) is 5. The Balaban J connectivity index is 1.75. The molecule has 6 nitrogen and oxygen atoms in total. The van der Waals surface area contributed by atoms with Crippen molar-refractivity contribution in [3.8, 4) is 11.5 Å². The Kier molecular flexibility index (Phi) is 4.97. The number of nitrogen functional groups attached to an aromatic ring is 1. The van der Waals surface area contributed by atoms with Gasteiger partial charge in [0.1, 0.15) is 11.5 Å². The van der Waals surface area contributed by atoms with E-state index in [1.165, 1.54) is 0 Å². The van der Waals surface area contributed by atoms with Gasteiger partial charge in [0.25, 0.3) is 0 Å². The maximum atomic E-state index is 12.6. The third-order valence-electron chi connectivity index (χ3n) is 4.40. The average Bonchev–Trinajstić information content (AvgIpc) is 2.62. The zero-order valence-electron chi connectivity index (χ0n) is 14.5. The summed E-state index contributed by atoms with van der Waals surface area (Å²) in [5.41, 5.74) is 9.62. The van der Waals surface area contributed by atoms with Crippen molar-refractivity contribution in [2.24, 2.45) is 0 Å². The highest BCUT2D eigenvalue weighted by molar-refractivity contribution is 5.96. The number of carbonyl (C=O) groups is 1. The number of nitrogens with one attached hydrogen (secondary N) is 1. The maximum Gasteiger partial charge on any atom is 0.243 e. The number of carbonyl (C=O) groups excluding carboxylic acids is 1. The SMILES string of the molecule is COc1ccc(OC)c(NC(=O)CN2CCCc3c(N)cccc32)c1. The molecule has 1 heterocycles. The van der Waals surface area contributed by atoms with Gasteiger partial charge in [0.15, 0.2) is 0 Å². The number of methoxy groups -OCH3 is 2. The molecular formula is C19H23N3O3. The summed E-state index contributed by atoms with van der Waals surface area (Å²) >= 11 is 0. The van der Waals surface area contributed by atoms with Gasteiger partial charge in [0.05, 0.1) is 26.5 Å². The summed E-state index contributed by atoms with van der Waals surface area (Å²) in [5, 5.41) is 2.91. The molecule has 2 aromatic carbocycles. The summed E-state index contributed by atoms with van der Waals surface area (Å²) < 4.78 is 10.5. The van der Waals surface area contributed by atoms with Gasteiger partial charge in [-0.3, -0.25) is 4.79 Å². The van der Waals surface area contributed by atoms with Gasteiger partial charge in [-0.1, -0.05) is 6.07 Å². The fourth-order valence-electron chi connectivity index (χ4n) is 3.17. The van der Waals surface area contributed by atoms with Crippen LogP contribution in [-0.2, 0) is 11.2 Å². The zero-order chi connectivity index (χ0) is 17.8. The molecule has 0 aliphatic carbocycles. The van der Waals surface area contributed by atoms with Crippen LogP contribution in [0.2, 0.25) is 0 Å². The predicted octanol–water partition coefficient (Wildman–Crippen LogP) is 2.68. The lowest BCUT2D eigenvalue weighted by molar-refractivity contribution is -0.115. The van der Waals surface area contributed by atoms with Crippen LogP contribution in [0, 0.1) is 0 Å². The second-order valence-corrected chi connectivity index (χ2v) is 5.98. The van der Waals surface area contributed by atoms with Crippen LogP contribution in [0.15, 0.2) is 36.4 Å². The fraction of sp³-hybridized carbons (Fsp3) is 0.316. The van der Waals surface area contributed by atoms with Crippen LogP contribution in [0.4, 0.5) is 17.1 Å². The van der Waals surface area contributed by atoms with Crippen molar-refractivity contribution in [2.45, 2.75) is 12.8 Å². The van der Waals surface area contributed by atoms with Gasteiger partial charge >= 0.3 is 0 Å². The van der Waals surface area contributed by atoms with Crippen LogP contribution in [0.25, 0.3) is 0 Å². The van der Waals surface area contributed by atoms with E-state index in [-0.39, 0.29) is 12.5 Å². The third kappa shape index (κ3) is 3.63. The quantitative estimate of drug-likeness (QED) is 0.818. The molecule has 0 atom stereocenters. The number of nitrogens with zero attached hydrogens (tertiary/aromatic N) is 1. The Hall–Kier alpha value is -2.89. The monoisotopic (exact) mass is 341 g/mol. The van der Waals surface area contributed by atoms with Crippen molar-refractivity contribution < 1.29 is 14.3 Å². The lowest BCUT2D eigenvalue weighted by Crippen LogP contribution is -2.37. The normalized spacial score (nSPS) is 13.1. The molecule has 1 aliphatic rings. The topological polar surface area (TPSA) is 76.8 Å². The Bertz CT molecular complexity index is 777. The smallest absolute Gasteiger partial charge is 0.243 e. The molecule has 0 saturated carbocycles. The van der Waals surface area contributed by atoms with Gasteiger partial charge in [-0.05, 0) is 42.7 Å². The minimum atomic E-state index is -0.109. The Morgan fingerprint density at radius 2 is 2.08 bits per heavy atom. The molecule has 1 amide bonds. The molecule has 25 heavy (non-hydrogen) atoms. The number of nitrogens with two attached hydrogens (primary N) is 1. The average molecular weight is 341 g/mol. The van der Waals surface area contributed by atoms with E-state index in [9.17, 15) is 4.79 Å². The third-order valence-corrected chi connectivity index (χ3v) is 4.40. The van der Waals surface area contributed by atoms with Crippen LogP contribution >= 0.6 is 0 Å². The first kappa shape index (κ1) is 17.0. The summed E-state index contributed by atoms with van der Waals surface area (Å²) in [4.78, 5) is 14.6. The van der Waals surface area contributed by atoms with Crippen molar-refractivity contribution in [2.75, 3.05) is 43.3 Å². The van der Waals surface area contributed by atoms with Gasteiger partial charge in [-0.2, -0.15) is 0 Å². The summed E-state index contributed by atoms with van der Waals surface area (Å²) in [6, 6.07) is 11.2. The van der Waals surface area contributed by atoms with E-state index in [0.717, 1.165) is 36.3 Å². The van der Waals surface area contributed by atoms with E-state index in [0.29, 0.717) is 17.2 Å². The summed E-state index contributed by atoms with van der Waals surface area (Å²) in [6.07, 6.45) is 1.93. The number of ether oxygens (including phenoxy) is 2. The van der Waals surface area contributed by atoms with Crippen LogP contribution in [0.3, 0.4) is 0 Å². The first-order valence-electron chi connectivity index (χ1n) is 8.26. The summed E-state index contributed by atoms with van der Waals surface area (Å²) in [5.74, 6) is 1.14. The van der Waals surface area contributed by atoms with Gasteiger partial charge in [-0.25, -0.2) is 0 Å². The Labute approximate surface area is 147 Å². The van der Waals surface area contributed by atoms with Crippen LogP contribution in [-0.4, -0.2) is 33.2 Å². The van der Waals surface area contributed by atoms with Crippen LogP contribution in [0.5, 0.6) is 11.5 Å². The molecule has 0 fully saturated rings. The summed E-state index contributed by atoms with van der Waals surface area (Å²) in [7, 11) is 3.16. The minimum Gasteiger partial charge on any atom is -0.497 e. The van der Waals surface area contributed by atoms with E-state index < -0.39 is 0 Å². The highest BCUT2D eigenvalue weighted by atomic mass is 16.5. The van der Waals surface area contributed by atoms with E-state index in [2.05, 4.69) is 10.2 Å². The first-order chi connectivity index (χ1) is 12.1. The highest BCUT2D eigenvalue weighted by Crippen LogP contribution is 2.32. The molecule has 1 aliphatic heterocycles. The highest BCUT2D eigenvalue weighted by Gasteiger charge is 2.21. The second kappa shape index (κ2) is 7.34. The van der Waals surface area contributed by atoms with Crippen LogP contribution in [0.1, 0.15) is 12.0 Å². The number of amides is 1. The van der Waals surface area contributed by atoms with Crippen molar-refractivity contribution >= 4 is 23.0 Å². The standard InChI is InChI=1S/C19H23N3O3/c1-24-13-8-9-18(25-2)16(11-13)21-19(23)12-22-10-4-5-14-15(20)6-3-7-17(14)22/h3,6-9,11H,4-5,10,12,20H2,1-2H3,(H,21,23). The molecule has 0 aromatic heterocycles. The van der Waals surface area contributed by atoms with Gasteiger partial charge in [-0.15, -0.1) is 0 Å². The number of anilines is 3. The van der Waals surface area contributed by atoms with Gasteiger partial charge in [0, 0.05) is 24.0 Å². The largest absolute Gasteiger partial charge is 0.497 e. The lowest BCUT2D eigenvalue weighted by atomic mass is 10.00. The molecule has 2 aromatic rings. The van der Waals surface area contributed by atoms with Crippen molar-refractivity contribution in [1.29, 1.82) is 0 Å². The number of rotatable bonds is 5. The molecule has 6 heteroatoms.